The number of benzene rings is 2. The Morgan fingerprint density at radius 3 is 2.17 bits per heavy atom. The van der Waals surface area contributed by atoms with Gasteiger partial charge in [0, 0.05) is 18.2 Å². The average molecular weight is 402 g/mol. The molecule has 2 aromatic rings. The molecule has 0 spiro atoms. The molecular formula is C25H26N2O3. The number of rotatable bonds is 2. The normalized spacial score (nSPS) is 26.8. The number of likely N-dealkylation sites (tertiary alicyclic amines) is 1. The van der Waals surface area contributed by atoms with E-state index in [9.17, 15) is 14.4 Å². The van der Waals surface area contributed by atoms with Crippen molar-refractivity contribution in [1.82, 2.24) is 4.90 Å². The van der Waals surface area contributed by atoms with E-state index in [4.69, 9.17) is 0 Å². The fraction of sp³-hybridized carbons (Fsp3) is 0.400. The Balaban J connectivity index is 1.37. The molecule has 0 unspecified atom stereocenters. The van der Waals surface area contributed by atoms with Gasteiger partial charge in [0.25, 0.3) is 17.7 Å². The zero-order chi connectivity index (χ0) is 21.2. The summed E-state index contributed by atoms with van der Waals surface area (Å²) in [4.78, 5) is 41.8. The molecule has 2 aromatic carbocycles. The highest BCUT2D eigenvalue weighted by atomic mass is 16.2. The summed E-state index contributed by atoms with van der Waals surface area (Å²) in [6.45, 7) is 7.74. The maximum atomic E-state index is 13.2. The quantitative estimate of drug-likeness (QED) is 0.701. The van der Waals surface area contributed by atoms with E-state index >= 15 is 0 Å². The molecule has 2 aliphatic heterocycles. The highest BCUT2D eigenvalue weighted by molar-refractivity contribution is 6.34. The maximum absolute atomic E-state index is 13.2. The minimum Gasteiger partial charge on any atom is -0.335 e. The molecule has 0 radical (unpaired) electrons. The second kappa shape index (κ2) is 6.53. The van der Waals surface area contributed by atoms with Gasteiger partial charge in [0.05, 0.1) is 16.8 Å². The number of amides is 3. The van der Waals surface area contributed by atoms with Crippen molar-refractivity contribution in [2.24, 2.45) is 17.3 Å². The summed E-state index contributed by atoms with van der Waals surface area (Å²) in [6, 6.07) is 14.0. The van der Waals surface area contributed by atoms with E-state index in [0.717, 1.165) is 19.4 Å². The van der Waals surface area contributed by atoms with Crippen molar-refractivity contribution in [2.45, 2.75) is 39.7 Å². The second-order valence-corrected chi connectivity index (χ2v) is 9.63. The van der Waals surface area contributed by atoms with Crippen LogP contribution in [-0.2, 0) is 0 Å². The molecule has 5 nitrogen and oxygen atoms in total. The molecule has 3 aliphatic rings. The van der Waals surface area contributed by atoms with Crippen molar-refractivity contribution in [3.8, 4) is 0 Å². The van der Waals surface area contributed by atoms with Crippen molar-refractivity contribution >= 4 is 23.4 Å². The monoisotopic (exact) mass is 402 g/mol. The lowest BCUT2D eigenvalue weighted by atomic mass is 9.65. The molecule has 1 saturated heterocycles. The van der Waals surface area contributed by atoms with Crippen LogP contribution in [0.3, 0.4) is 0 Å². The fourth-order valence-corrected chi connectivity index (χ4v) is 5.53. The van der Waals surface area contributed by atoms with E-state index in [0.29, 0.717) is 40.3 Å². The predicted molar refractivity (Wildman–Crippen MR) is 115 cm³/mol. The molecule has 0 aromatic heterocycles. The largest absolute Gasteiger partial charge is 0.335 e. The van der Waals surface area contributed by atoms with Gasteiger partial charge in [-0.3, -0.25) is 14.4 Å². The van der Waals surface area contributed by atoms with Crippen molar-refractivity contribution in [3.05, 3.63) is 65.2 Å². The molecule has 5 rings (SSSR count). The maximum Gasteiger partial charge on any atom is 0.266 e. The molecule has 3 atom stereocenters. The highest BCUT2D eigenvalue weighted by Crippen LogP contribution is 2.49. The summed E-state index contributed by atoms with van der Waals surface area (Å²) in [5, 5.41) is 0. The Bertz CT molecular complexity index is 1020. The van der Waals surface area contributed by atoms with Gasteiger partial charge in [0.2, 0.25) is 0 Å². The first-order valence-corrected chi connectivity index (χ1v) is 10.7. The first-order valence-electron chi connectivity index (χ1n) is 10.7. The van der Waals surface area contributed by atoms with Gasteiger partial charge in [0.15, 0.2) is 0 Å². The van der Waals surface area contributed by atoms with Gasteiger partial charge < -0.3 is 4.90 Å². The van der Waals surface area contributed by atoms with Gasteiger partial charge in [0.1, 0.15) is 0 Å². The summed E-state index contributed by atoms with van der Waals surface area (Å²) < 4.78 is 0. The van der Waals surface area contributed by atoms with Crippen LogP contribution in [-0.4, -0.2) is 35.2 Å². The lowest BCUT2D eigenvalue weighted by Gasteiger charge is -2.40. The number of hydrogen-bond acceptors (Lipinski definition) is 3. The fourth-order valence-electron chi connectivity index (χ4n) is 5.53. The zero-order valence-electron chi connectivity index (χ0n) is 17.6. The second-order valence-electron chi connectivity index (χ2n) is 9.63. The van der Waals surface area contributed by atoms with Crippen LogP contribution in [0.1, 0.15) is 64.7 Å². The third-order valence-corrected chi connectivity index (χ3v) is 7.58. The topological polar surface area (TPSA) is 57.7 Å². The van der Waals surface area contributed by atoms with E-state index in [1.165, 1.54) is 4.90 Å². The number of anilines is 1. The van der Waals surface area contributed by atoms with Gasteiger partial charge in [-0.05, 0) is 66.5 Å². The number of carbonyl (C=O) groups is 3. The Morgan fingerprint density at radius 1 is 0.967 bits per heavy atom. The Hall–Kier alpha value is -2.95. The molecule has 1 aliphatic carbocycles. The smallest absolute Gasteiger partial charge is 0.266 e. The number of fused-ring (bicyclic) bond motifs is 3. The van der Waals surface area contributed by atoms with E-state index in [1.807, 2.05) is 4.90 Å². The molecular weight excluding hydrogens is 376 g/mol. The zero-order valence-corrected chi connectivity index (χ0v) is 17.6. The van der Waals surface area contributed by atoms with E-state index in [1.54, 1.807) is 48.5 Å². The van der Waals surface area contributed by atoms with E-state index in [-0.39, 0.29) is 23.1 Å². The van der Waals surface area contributed by atoms with Gasteiger partial charge in [-0.1, -0.05) is 32.9 Å². The van der Waals surface area contributed by atoms with Crippen LogP contribution in [0.5, 0.6) is 0 Å². The number of carbonyl (C=O) groups excluding carboxylic acids is 3. The molecule has 3 amide bonds. The first kappa shape index (κ1) is 19.0. The van der Waals surface area contributed by atoms with Gasteiger partial charge in [-0.2, -0.15) is 0 Å². The minimum atomic E-state index is -0.320. The number of hydrogen-bond donors (Lipinski definition) is 0. The SMILES string of the molecule is C[C@H]1[C@@H]2C[C@H](CC1(C)C)N(C(=O)c1ccc(N3C(=O)c4ccccc4C3=O)cc1)C2. The van der Waals surface area contributed by atoms with Crippen LogP contribution < -0.4 is 4.90 Å². The molecule has 2 bridgehead atoms. The van der Waals surface area contributed by atoms with Crippen molar-refractivity contribution in [3.63, 3.8) is 0 Å². The predicted octanol–water partition coefficient (Wildman–Crippen LogP) is 4.38. The van der Waals surface area contributed by atoms with Crippen LogP contribution in [0.4, 0.5) is 5.69 Å². The Morgan fingerprint density at radius 2 is 1.57 bits per heavy atom. The molecule has 154 valence electrons. The molecule has 0 N–H and O–H groups in total. The summed E-state index contributed by atoms with van der Waals surface area (Å²) in [7, 11) is 0. The number of nitrogens with zero attached hydrogens (tertiary/aromatic N) is 2. The van der Waals surface area contributed by atoms with Crippen LogP contribution in [0, 0.1) is 17.3 Å². The summed E-state index contributed by atoms with van der Waals surface area (Å²) >= 11 is 0. The average Bonchev–Trinajstić information content (AvgIpc) is 3.23. The summed E-state index contributed by atoms with van der Waals surface area (Å²) in [5.41, 5.74) is 2.19. The molecule has 1 saturated carbocycles. The Kier molecular flexibility index (Phi) is 4.14. The van der Waals surface area contributed by atoms with Gasteiger partial charge >= 0.3 is 0 Å². The van der Waals surface area contributed by atoms with Crippen molar-refractivity contribution < 1.29 is 14.4 Å². The number of imide groups is 1. The lowest BCUT2D eigenvalue weighted by Crippen LogP contribution is -2.39. The first-order chi connectivity index (χ1) is 14.3. The highest BCUT2D eigenvalue weighted by Gasteiger charge is 2.49. The third kappa shape index (κ3) is 2.72. The molecule has 5 heteroatoms. The lowest BCUT2D eigenvalue weighted by molar-refractivity contribution is 0.0677. The summed E-state index contributed by atoms with van der Waals surface area (Å²) in [6.07, 6.45) is 2.12. The van der Waals surface area contributed by atoms with E-state index in [2.05, 4.69) is 20.8 Å². The van der Waals surface area contributed by atoms with E-state index < -0.39 is 0 Å². The van der Waals surface area contributed by atoms with Crippen molar-refractivity contribution in [1.29, 1.82) is 0 Å². The van der Waals surface area contributed by atoms with Crippen molar-refractivity contribution in [2.75, 3.05) is 11.4 Å². The van der Waals surface area contributed by atoms with Crippen LogP contribution in [0.25, 0.3) is 0 Å². The van der Waals surface area contributed by atoms with Crippen LogP contribution in [0.15, 0.2) is 48.5 Å². The third-order valence-electron chi connectivity index (χ3n) is 7.58. The Labute approximate surface area is 176 Å². The van der Waals surface area contributed by atoms with Crippen LogP contribution >= 0.6 is 0 Å². The molecule has 2 fully saturated rings. The summed E-state index contributed by atoms with van der Waals surface area (Å²) in [5.74, 6) is 0.558. The standard InChI is InChI=1S/C25H26N2O3/c1-15-17-12-19(13-25(15,2)3)26(14-17)22(28)16-8-10-18(11-9-16)27-23(29)20-6-4-5-7-21(20)24(27)30/h4-11,15,17,19H,12-14H2,1-3H3/t15-,17+,19+/m0/s1. The minimum absolute atomic E-state index is 0.0429. The van der Waals surface area contributed by atoms with Gasteiger partial charge in [-0.25, -0.2) is 4.90 Å². The van der Waals surface area contributed by atoms with Gasteiger partial charge in [-0.15, -0.1) is 0 Å². The van der Waals surface area contributed by atoms with Crippen LogP contribution in [0.2, 0.25) is 0 Å². The molecule has 30 heavy (non-hydrogen) atoms. The molecule has 2 heterocycles.